The van der Waals surface area contributed by atoms with E-state index in [1.54, 1.807) is 24.3 Å². The van der Waals surface area contributed by atoms with Gasteiger partial charge in [-0.15, -0.1) is 0 Å². The van der Waals surface area contributed by atoms with Crippen LogP contribution < -0.4 is 0 Å². The summed E-state index contributed by atoms with van der Waals surface area (Å²) in [6, 6.07) is 8.95. The second-order valence-corrected chi connectivity index (χ2v) is 4.86. The topological polar surface area (TPSA) is 119 Å². The lowest BCUT2D eigenvalue weighted by Gasteiger charge is -2.20. The maximum atomic E-state index is 11.6. The molecule has 1 saturated heterocycles. The van der Waals surface area contributed by atoms with Gasteiger partial charge in [0.15, 0.2) is 12.2 Å². The molecule has 1 fully saturated rings. The summed E-state index contributed by atoms with van der Waals surface area (Å²) in [5.41, 5.74) is 0.782. The number of aliphatic hydroxyl groups excluding tert-OH is 2. The summed E-state index contributed by atoms with van der Waals surface area (Å²) in [4.78, 5) is 34.4. The van der Waals surface area contributed by atoms with Gasteiger partial charge in [0.2, 0.25) is 0 Å². The highest BCUT2D eigenvalue weighted by Crippen LogP contribution is 2.19. The Morgan fingerprint density at radius 2 is 1.96 bits per heavy atom. The Balaban J connectivity index is 1.84. The van der Waals surface area contributed by atoms with Gasteiger partial charge in [0.25, 0.3) is 5.78 Å². The number of cyclic esters (lactones) is 1. The Labute approximate surface area is 131 Å². The third kappa shape index (κ3) is 4.35. The minimum absolute atomic E-state index is 0.0414. The first-order chi connectivity index (χ1) is 11.0. The first kappa shape index (κ1) is 17.1. The molecule has 0 bridgehead atoms. The summed E-state index contributed by atoms with van der Waals surface area (Å²) >= 11 is 0. The molecule has 1 unspecified atom stereocenters. The zero-order valence-electron chi connectivity index (χ0n) is 12.1. The maximum Gasteiger partial charge on any atom is 0.378 e. The van der Waals surface area contributed by atoms with Crippen LogP contribution in [0.15, 0.2) is 30.3 Å². The van der Waals surface area contributed by atoms with Gasteiger partial charge in [-0.05, 0) is 5.56 Å². The number of rotatable bonds is 7. The van der Waals surface area contributed by atoms with Crippen molar-refractivity contribution in [3.8, 4) is 0 Å². The number of aliphatic hydroxyl groups is 2. The molecule has 8 heteroatoms. The second-order valence-electron chi connectivity index (χ2n) is 4.86. The van der Waals surface area contributed by atoms with Crippen LogP contribution in [-0.2, 0) is 35.2 Å². The molecule has 124 valence electrons. The molecule has 0 amide bonds. The quantitative estimate of drug-likeness (QED) is 0.482. The number of ketones is 1. The standard InChI is InChI=1S/C15H16O8/c16-6-10(17)13-14(12(19)15(20)23-13)22-8-11(18)21-7-9-4-2-1-3-5-9/h1-5,10,13-14,16-17H,6-8H2/t10-,13+,14?/m0/s1. The van der Waals surface area contributed by atoms with Gasteiger partial charge in [-0.3, -0.25) is 4.79 Å². The SMILES string of the molecule is O=C(COC1C(=O)C(=O)O[C@@H]1[C@@H](O)CO)OCc1ccccc1. The predicted molar refractivity (Wildman–Crippen MR) is 74.0 cm³/mol. The van der Waals surface area contributed by atoms with Gasteiger partial charge in [0.1, 0.15) is 19.3 Å². The Bertz CT molecular complexity index is 570. The number of ether oxygens (including phenoxy) is 3. The molecular weight excluding hydrogens is 308 g/mol. The summed E-state index contributed by atoms with van der Waals surface area (Å²) in [5.74, 6) is -2.93. The van der Waals surface area contributed by atoms with Gasteiger partial charge in [-0.25, -0.2) is 9.59 Å². The summed E-state index contributed by atoms with van der Waals surface area (Å²) in [5, 5.41) is 18.4. The average Bonchev–Trinajstić information content (AvgIpc) is 2.86. The molecule has 1 aromatic rings. The summed E-state index contributed by atoms with van der Waals surface area (Å²) in [6.07, 6.45) is -4.27. The fourth-order valence-electron chi connectivity index (χ4n) is 2.00. The third-order valence-corrected chi connectivity index (χ3v) is 3.19. The van der Waals surface area contributed by atoms with Crippen molar-refractivity contribution in [2.75, 3.05) is 13.2 Å². The van der Waals surface area contributed by atoms with Crippen molar-refractivity contribution in [3.63, 3.8) is 0 Å². The molecule has 0 aromatic heterocycles. The summed E-state index contributed by atoms with van der Waals surface area (Å²) < 4.78 is 14.6. The monoisotopic (exact) mass is 324 g/mol. The van der Waals surface area contributed by atoms with Crippen LogP contribution in [0.5, 0.6) is 0 Å². The zero-order chi connectivity index (χ0) is 16.8. The Morgan fingerprint density at radius 1 is 1.26 bits per heavy atom. The molecule has 0 saturated carbocycles. The van der Waals surface area contributed by atoms with Crippen molar-refractivity contribution >= 4 is 17.7 Å². The van der Waals surface area contributed by atoms with E-state index in [0.29, 0.717) is 0 Å². The predicted octanol–water partition coefficient (Wildman–Crippen LogP) is -1.04. The fourth-order valence-corrected chi connectivity index (χ4v) is 2.00. The van der Waals surface area contributed by atoms with Crippen LogP contribution in [-0.4, -0.2) is 59.5 Å². The van der Waals surface area contributed by atoms with Gasteiger partial charge in [0.05, 0.1) is 6.61 Å². The normalized spacial score (nSPS) is 21.8. The van der Waals surface area contributed by atoms with Gasteiger partial charge in [-0.1, -0.05) is 30.3 Å². The number of hydrogen-bond acceptors (Lipinski definition) is 8. The van der Waals surface area contributed by atoms with E-state index in [2.05, 4.69) is 4.74 Å². The number of Topliss-reactive ketones (excluding diaryl/α,β-unsaturated/α-hetero) is 1. The highest BCUT2D eigenvalue weighted by Gasteiger charge is 2.48. The number of carbonyl (C=O) groups is 3. The van der Waals surface area contributed by atoms with Crippen LogP contribution in [0.3, 0.4) is 0 Å². The average molecular weight is 324 g/mol. The highest BCUT2D eigenvalue weighted by molar-refractivity contribution is 6.37. The van der Waals surface area contributed by atoms with Gasteiger partial charge >= 0.3 is 11.9 Å². The van der Waals surface area contributed by atoms with E-state index in [1.165, 1.54) is 0 Å². The van der Waals surface area contributed by atoms with E-state index in [9.17, 15) is 19.5 Å². The number of hydrogen-bond donors (Lipinski definition) is 2. The smallest absolute Gasteiger partial charge is 0.378 e. The minimum Gasteiger partial charge on any atom is -0.459 e. The fraction of sp³-hybridized carbons (Fsp3) is 0.400. The van der Waals surface area contributed by atoms with Crippen molar-refractivity contribution in [2.45, 2.75) is 24.9 Å². The zero-order valence-corrected chi connectivity index (χ0v) is 12.1. The third-order valence-electron chi connectivity index (χ3n) is 3.19. The molecular formula is C15H16O8. The van der Waals surface area contributed by atoms with E-state index in [0.717, 1.165) is 5.56 Å². The summed E-state index contributed by atoms with van der Waals surface area (Å²) in [7, 11) is 0. The number of esters is 2. The van der Waals surface area contributed by atoms with E-state index in [4.69, 9.17) is 14.6 Å². The van der Waals surface area contributed by atoms with Gasteiger partial charge in [0, 0.05) is 0 Å². The molecule has 1 aliphatic heterocycles. The summed E-state index contributed by atoms with van der Waals surface area (Å²) in [6.45, 7) is -1.27. The van der Waals surface area contributed by atoms with Crippen LogP contribution in [0.2, 0.25) is 0 Å². The maximum absolute atomic E-state index is 11.6. The molecule has 3 atom stereocenters. The number of benzene rings is 1. The first-order valence-electron chi connectivity index (χ1n) is 6.88. The molecule has 1 heterocycles. The second kappa shape index (κ2) is 7.82. The van der Waals surface area contributed by atoms with Crippen molar-refractivity contribution in [3.05, 3.63) is 35.9 Å². The Kier molecular flexibility index (Phi) is 5.80. The lowest BCUT2D eigenvalue weighted by molar-refractivity contribution is -0.157. The van der Waals surface area contributed by atoms with Crippen LogP contribution in [0.4, 0.5) is 0 Å². The first-order valence-corrected chi connectivity index (χ1v) is 6.88. The molecule has 0 aliphatic carbocycles. The van der Waals surface area contributed by atoms with Crippen molar-refractivity contribution < 1.29 is 38.8 Å². The van der Waals surface area contributed by atoms with Crippen LogP contribution in [0.1, 0.15) is 5.56 Å². The van der Waals surface area contributed by atoms with Gasteiger partial charge < -0.3 is 24.4 Å². The van der Waals surface area contributed by atoms with E-state index >= 15 is 0 Å². The molecule has 1 aliphatic rings. The molecule has 8 nitrogen and oxygen atoms in total. The van der Waals surface area contributed by atoms with Crippen LogP contribution >= 0.6 is 0 Å². The van der Waals surface area contributed by atoms with Crippen LogP contribution in [0, 0.1) is 0 Å². The van der Waals surface area contributed by atoms with Crippen molar-refractivity contribution in [2.24, 2.45) is 0 Å². The van der Waals surface area contributed by atoms with E-state index < -0.39 is 49.2 Å². The van der Waals surface area contributed by atoms with Crippen LogP contribution in [0.25, 0.3) is 0 Å². The lowest BCUT2D eigenvalue weighted by atomic mass is 10.1. The molecule has 0 spiro atoms. The number of carbonyl (C=O) groups excluding carboxylic acids is 3. The van der Waals surface area contributed by atoms with E-state index in [1.807, 2.05) is 6.07 Å². The molecule has 2 N–H and O–H groups in total. The Morgan fingerprint density at radius 3 is 2.61 bits per heavy atom. The Hall–Kier alpha value is -2.29. The lowest BCUT2D eigenvalue weighted by Crippen LogP contribution is -2.41. The molecule has 0 radical (unpaired) electrons. The molecule has 23 heavy (non-hydrogen) atoms. The molecule has 1 aromatic carbocycles. The largest absolute Gasteiger partial charge is 0.459 e. The van der Waals surface area contributed by atoms with Gasteiger partial charge in [-0.2, -0.15) is 0 Å². The highest BCUT2D eigenvalue weighted by atomic mass is 16.6. The van der Waals surface area contributed by atoms with Crippen molar-refractivity contribution in [1.29, 1.82) is 0 Å². The minimum atomic E-state index is -1.48. The molecule has 2 rings (SSSR count). The van der Waals surface area contributed by atoms with Crippen molar-refractivity contribution in [1.82, 2.24) is 0 Å². The van der Waals surface area contributed by atoms with E-state index in [-0.39, 0.29) is 6.61 Å².